The Hall–Kier alpha value is -4.07. The molecule has 3 fully saturated rings. The standard InChI is InChI=1S/C89H151NO18/c1-3-5-7-9-11-13-15-17-19-21-23-25-27-29-31-32-33-34-35-36-37-38-39-40-41-43-45-47-49-51-53-55-57-59-61-63-65-67-77(95)90-72(73(94)66-64-62-60-58-56-54-52-50-48-46-44-42-30-28-26-24-22-20-18-16-14-12-10-8-6-4-2)71-103-87-83(101)80(98)85(75(69-92)105-87)108-89-84(102)81(99)86(76(70-93)106-89)107-88-82(100)79(97)78(96)74(68-91)104-88/h5,7,11,13,17,19,23,25,29,31,33-34,36-37,39-40,43,45,56,58,64,66,72-76,78-89,91-94,96-102H,3-4,6,8-10,12,14-16,18,20-22,24,26-28,30,32,35,38,41-42,44,46-55,57,59-63,65,67-71H2,1-2H3,(H,90,95)/b7-5-,13-11-,19-17-,25-23-,31-29-,34-33-,37-36-,40-39-,45-43-,58-56+,66-64+. The van der Waals surface area contributed by atoms with Gasteiger partial charge in [-0.15, -0.1) is 0 Å². The summed E-state index contributed by atoms with van der Waals surface area (Å²) in [6.45, 7) is 1.62. The predicted molar refractivity (Wildman–Crippen MR) is 433 cm³/mol. The molecule has 3 heterocycles. The van der Waals surface area contributed by atoms with E-state index in [0.717, 1.165) is 109 Å². The molecule has 0 saturated carbocycles. The lowest BCUT2D eigenvalue weighted by molar-refractivity contribution is -0.379. The number of unbranched alkanes of at least 4 members (excludes halogenated alkanes) is 30. The minimum absolute atomic E-state index is 0.220. The molecule has 19 heteroatoms. The van der Waals surface area contributed by atoms with Crippen LogP contribution in [0.5, 0.6) is 0 Å². The van der Waals surface area contributed by atoms with Crippen molar-refractivity contribution in [2.45, 2.75) is 394 Å². The molecule has 19 nitrogen and oxygen atoms in total. The van der Waals surface area contributed by atoms with Crippen LogP contribution >= 0.6 is 0 Å². The number of ether oxygens (including phenoxy) is 6. The van der Waals surface area contributed by atoms with Gasteiger partial charge in [-0.3, -0.25) is 4.79 Å². The van der Waals surface area contributed by atoms with Crippen LogP contribution in [0.3, 0.4) is 0 Å². The molecule has 0 aromatic carbocycles. The molecule has 0 aromatic heterocycles. The summed E-state index contributed by atoms with van der Waals surface area (Å²) in [6.07, 6.45) is 70.1. The lowest BCUT2D eigenvalue weighted by Gasteiger charge is -2.48. The van der Waals surface area contributed by atoms with E-state index in [9.17, 15) is 61.0 Å². The van der Waals surface area contributed by atoms with Gasteiger partial charge in [0.1, 0.15) is 73.2 Å². The van der Waals surface area contributed by atoms with Crippen LogP contribution in [0.25, 0.3) is 0 Å². The van der Waals surface area contributed by atoms with E-state index in [0.29, 0.717) is 12.8 Å². The molecule has 620 valence electrons. The Bertz CT molecular complexity index is 2470. The second-order valence-corrected chi connectivity index (χ2v) is 29.6. The first-order valence-electron chi connectivity index (χ1n) is 42.4. The van der Waals surface area contributed by atoms with Gasteiger partial charge < -0.3 is 89.9 Å². The molecule has 3 aliphatic rings. The fourth-order valence-corrected chi connectivity index (χ4v) is 13.4. The molecule has 0 bridgehead atoms. The van der Waals surface area contributed by atoms with E-state index in [2.05, 4.69) is 141 Å². The monoisotopic (exact) mass is 1520 g/mol. The first-order chi connectivity index (χ1) is 52.8. The second-order valence-electron chi connectivity index (χ2n) is 29.6. The van der Waals surface area contributed by atoms with Crippen LogP contribution in [0.15, 0.2) is 134 Å². The molecule has 17 unspecified atom stereocenters. The summed E-state index contributed by atoms with van der Waals surface area (Å²) < 4.78 is 34.5. The third-order valence-electron chi connectivity index (χ3n) is 20.2. The van der Waals surface area contributed by atoms with Crippen LogP contribution in [0, 0.1) is 0 Å². The van der Waals surface area contributed by atoms with E-state index < -0.39 is 124 Å². The van der Waals surface area contributed by atoms with Gasteiger partial charge in [-0.05, 0) is 103 Å². The molecule has 12 N–H and O–H groups in total. The number of carbonyl (C=O) groups is 1. The lowest BCUT2D eigenvalue weighted by Crippen LogP contribution is -2.66. The summed E-state index contributed by atoms with van der Waals surface area (Å²) in [5, 5.41) is 121. The summed E-state index contributed by atoms with van der Waals surface area (Å²) in [5.74, 6) is -0.295. The van der Waals surface area contributed by atoms with Crippen molar-refractivity contribution in [1.82, 2.24) is 5.32 Å². The summed E-state index contributed by atoms with van der Waals surface area (Å²) in [5.41, 5.74) is 0. The van der Waals surface area contributed by atoms with Crippen molar-refractivity contribution in [3.63, 3.8) is 0 Å². The van der Waals surface area contributed by atoms with Crippen molar-refractivity contribution in [2.75, 3.05) is 26.4 Å². The fourth-order valence-electron chi connectivity index (χ4n) is 13.4. The third-order valence-corrected chi connectivity index (χ3v) is 20.2. The number of allylic oxidation sites excluding steroid dienone is 21. The maximum Gasteiger partial charge on any atom is 0.220 e. The van der Waals surface area contributed by atoms with Gasteiger partial charge in [-0.25, -0.2) is 0 Å². The van der Waals surface area contributed by atoms with Gasteiger partial charge in [-0.2, -0.15) is 0 Å². The zero-order valence-corrected chi connectivity index (χ0v) is 66.5. The number of carbonyl (C=O) groups excluding carboxylic acids is 1. The van der Waals surface area contributed by atoms with Crippen molar-refractivity contribution < 1.29 is 89.4 Å². The molecule has 17 atom stereocenters. The normalized spacial score (nSPS) is 26.1. The Labute approximate surface area is 651 Å². The first kappa shape index (κ1) is 98.1. The summed E-state index contributed by atoms with van der Waals surface area (Å²) >= 11 is 0. The van der Waals surface area contributed by atoms with Crippen LogP contribution in [0.1, 0.15) is 290 Å². The Morgan fingerprint density at radius 1 is 0.343 bits per heavy atom. The Kier molecular flexibility index (Phi) is 61.3. The average Bonchev–Trinajstić information content (AvgIpc) is 0.779. The van der Waals surface area contributed by atoms with Gasteiger partial charge in [0.15, 0.2) is 18.9 Å². The highest BCUT2D eigenvalue weighted by atomic mass is 16.8. The quantitative estimate of drug-likeness (QED) is 0.0199. The van der Waals surface area contributed by atoms with E-state index in [1.807, 2.05) is 6.08 Å². The van der Waals surface area contributed by atoms with Crippen molar-refractivity contribution in [1.29, 1.82) is 0 Å². The number of hydrogen-bond acceptors (Lipinski definition) is 18. The van der Waals surface area contributed by atoms with Crippen LogP contribution in [0.4, 0.5) is 0 Å². The van der Waals surface area contributed by atoms with Gasteiger partial charge in [0.05, 0.1) is 38.6 Å². The Balaban J connectivity index is 1.37. The van der Waals surface area contributed by atoms with E-state index in [1.165, 1.54) is 148 Å². The summed E-state index contributed by atoms with van der Waals surface area (Å²) in [7, 11) is 0. The highest BCUT2D eigenvalue weighted by Crippen LogP contribution is 2.33. The van der Waals surface area contributed by atoms with Gasteiger partial charge in [-0.1, -0.05) is 314 Å². The maximum atomic E-state index is 13.5. The molecule has 1 amide bonds. The second kappa shape index (κ2) is 67.4. The average molecular weight is 1520 g/mol. The molecular formula is C89H151NO18. The van der Waals surface area contributed by atoms with Gasteiger partial charge in [0.2, 0.25) is 5.91 Å². The van der Waals surface area contributed by atoms with Crippen LogP contribution in [-0.4, -0.2) is 193 Å². The third kappa shape index (κ3) is 46.2. The molecular weight excluding hydrogens is 1370 g/mol. The number of hydrogen-bond donors (Lipinski definition) is 12. The number of nitrogens with one attached hydrogen (secondary N) is 1. The Morgan fingerprint density at radius 3 is 1.04 bits per heavy atom. The smallest absolute Gasteiger partial charge is 0.220 e. The molecule has 0 aliphatic carbocycles. The summed E-state index contributed by atoms with van der Waals surface area (Å²) in [4.78, 5) is 13.5. The van der Waals surface area contributed by atoms with Crippen LogP contribution in [0.2, 0.25) is 0 Å². The SMILES string of the molecule is CC/C=C\C/C=C\C/C=C\C/C=C\C/C=C\C/C=C\C/C=C\C/C=C\C/C=C\CCCCCCCCCCCC(=O)NC(COC1OC(CO)C(OC2OC(CO)C(OC3OC(CO)C(O)C(O)C3O)C(O)C2O)C(O)C1O)C(O)/C=C/CC/C=C/CCCCCCCCCCCCCCCCCCCCCC. The molecule has 0 spiro atoms. The maximum absolute atomic E-state index is 13.5. The molecule has 3 saturated heterocycles. The molecule has 3 rings (SSSR count). The van der Waals surface area contributed by atoms with E-state index in [1.54, 1.807) is 6.08 Å². The number of aliphatic hydroxyl groups is 11. The first-order valence-corrected chi connectivity index (χ1v) is 42.4. The van der Waals surface area contributed by atoms with Crippen molar-refractivity contribution in [3.8, 4) is 0 Å². The van der Waals surface area contributed by atoms with Gasteiger partial charge in [0, 0.05) is 6.42 Å². The largest absolute Gasteiger partial charge is 0.394 e. The predicted octanol–water partition coefficient (Wildman–Crippen LogP) is 15.2. The van der Waals surface area contributed by atoms with Gasteiger partial charge >= 0.3 is 0 Å². The van der Waals surface area contributed by atoms with Gasteiger partial charge in [0.25, 0.3) is 0 Å². The molecule has 3 aliphatic heterocycles. The lowest BCUT2D eigenvalue weighted by atomic mass is 9.96. The van der Waals surface area contributed by atoms with Crippen LogP contribution < -0.4 is 5.32 Å². The highest BCUT2D eigenvalue weighted by molar-refractivity contribution is 5.76. The minimum atomic E-state index is -1.99. The molecule has 0 aromatic rings. The zero-order chi connectivity index (χ0) is 78.1. The molecule has 0 radical (unpaired) electrons. The van der Waals surface area contributed by atoms with Crippen molar-refractivity contribution >= 4 is 5.91 Å². The number of amides is 1. The Morgan fingerprint density at radius 2 is 0.648 bits per heavy atom. The number of rotatable bonds is 66. The van der Waals surface area contributed by atoms with Crippen molar-refractivity contribution in [3.05, 3.63) is 134 Å². The van der Waals surface area contributed by atoms with Crippen molar-refractivity contribution in [2.24, 2.45) is 0 Å². The fraction of sp³-hybridized carbons (Fsp3) is 0.742. The molecule has 108 heavy (non-hydrogen) atoms. The highest BCUT2D eigenvalue weighted by Gasteiger charge is 2.54. The van der Waals surface area contributed by atoms with E-state index >= 15 is 0 Å². The zero-order valence-electron chi connectivity index (χ0n) is 66.5. The minimum Gasteiger partial charge on any atom is -0.394 e. The number of aliphatic hydroxyl groups excluding tert-OH is 11. The summed E-state index contributed by atoms with van der Waals surface area (Å²) in [6, 6.07) is -1.00. The van der Waals surface area contributed by atoms with Crippen LogP contribution in [-0.2, 0) is 33.2 Å². The topological polar surface area (TPSA) is 307 Å². The van der Waals surface area contributed by atoms with E-state index in [4.69, 9.17) is 28.4 Å². The van der Waals surface area contributed by atoms with E-state index in [-0.39, 0.29) is 18.9 Å².